The van der Waals surface area contributed by atoms with Crippen LogP contribution in [0.1, 0.15) is 0 Å². The zero-order valence-electron chi connectivity index (χ0n) is 10.3. The number of fused-ring (bicyclic) bond motifs is 1. The van der Waals surface area contributed by atoms with Gasteiger partial charge in [0.05, 0.1) is 20.8 Å². The monoisotopic (exact) mass is 323 g/mol. The molecule has 21 heavy (non-hydrogen) atoms. The summed E-state index contributed by atoms with van der Waals surface area (Å²) in [7, 11) is 0. The van der Waals surface area contributed by atoms with Crippen LogP contribution in [0, 0.1) is 5.82 Å². The summed E-state index contributed by atoms with van der Waals surface area (Å²) in [6.45, 7) is 0. The molecule has 0 fully saturated rings. The van der Waals surface area contributed by atoms with Crippen molar-refractivity contribution in [3.63, 3.8) is 0 Å². The smallest absolute Gasteiger partial charge is 0.410 e. The van der Waals surface area contributed by atoms with Gasteiger partial charge in [0.15, 0.2) is 5.82 Å². The Morgan fingerprint density at radius 1 is 1.38 bits per heavy atom. The van der Waals surface area contributed by atoms with Crippen molar-refractivity contribution in [3.05, 3.63) is 41.3 Å². The van der Waals surface area contributed by atoms with E-state index < -0.39 is 11.9 Å². The first-order valence-corrected chi connectivity index (χ1v) is 6.95. The molecule has 0 aliphatic rings. The summed E-state index contributed by atoms with van der Waals surface area (Å²) < 4.78 is 14.5. The van der Waals surface area contributed by atoms with Crippen molar-refractivity contribution in [2.75, 3.05) is 5.32 Å². The number of rotatable bonds is 2. The number of benzene rings is 1. The minimum absolute atomic E-state index is 0.163. The molecule has 3 rings (SSSR count). The number of amides is 1. The number of nitrogens with one attached hydrogen (secondary N) is 1. The lowest BCUT2D eigenvalue weighted by molar-refractivity contribution is 0.209. The molecule has 0 aliphatic heterocycles. The van der Waals surface area contributed by atoms with Crippen LogP contribution in [0.25, 0.3) is 20.8 Å². The summed E-state index contributed by atoms with van der Waals surface area (Å²) in [4.78, 5) is 19.0. The summed E-state index contributed by atoms with van der Waals surface area (Å²) in [5.41, 5.74) is 0.717. The molecule has 0 unspecified atom stereocenters. The molecule has 0 bridgehead atoms. The van der Waals surface area contributed by atoms with Crippen LogP contribution in [0.4, 0.5) is 15.0 Å². The number of pyridine rings is 1. The Hall–Kier alpha value is -2.25. The zero-order valence-corrected chi connectivity index (χ0v) is 11.9. The van der Waals surface area contributed by atoms with Crippen molar-refractivity contribution in [1.29, 1.82) is 0 Å². The predicted molar refractivity (Wildman–Crippen MR) is 79.5 cm³/mol. The fourth-order valence-electron chi connectivity index (χ4n) is 1.85. The number of hydrogen-bond donors (Lipinski definition) is 2. The maximum Gasteiger partial charge on any atom is 0.410 e. The van der Waals surface area contributed by atoms with Crippen molar-refractivity contribution in [2.45, 2.75) is 0 Å². The predicted octanol–water partition coefficient (Wildman–Crippen LogP) is 4.24. The largest absolute Gasteiger partial charge is 0.465 e. The number of carboxylic acid groups (broad SMARTS) is 1. The first-order valence-electron chi connectivity index (χ1n) is 5.76. The Morgan fingerprint density at radius 3 is 2.90 bits per heavy atom. The first kappa shape index (κ1) is 13.7. The van der Waals surface area contributed by atoms with E-state index in [0.717, 1.165) is 11.3 Å². The van der Waals surface area contributed by atoms with Crippen LogP contribution < -0.4 is 5.32 Å². The normalized spacial score (nSPS) is 10.8. The molecule has 2 heterocycles. The van der Waals surface area contributed by atoms with Gasteiger partial charge in [-0.3, -0.25) is 5.32 Å². The molecule has 8 heteroatoms. The van der Waals surface area contributed by atoms with Crippen LogP contribution >= 0.6 is 22.9 Å². The summed E-state index contributed by atoms with van der Waals surface area (Å²) in [5, 5.41) is 11.6. The number of halogens is 2. The van der Waals surface area contributed by atoms with Gasteiger partial charge in [-0.15, -0.1) is 11.3 Å². The number of anilines is 1. The Bertz CT molecular complexity index is 832. The third-order valence-corrected chi connectivity index (χ3v) is 4.12. The molecule has 2 N–H and O–H groups in total. The molecule has 0 atom stereocenters. The third kappa shape index (κ3) is 2.53. The average molecular weight is 324 g/mol. The number of thiazole rings is 1. The molecule has 2 aromatic heterocycles. The van der Waals surface area contributed by atoms with Crippen LogP contribution in [0.2, 0.25) is 5.02 Å². The lowest BCUT2D eigenvalue weighted by Gasteiger charge is -2.00. The standard InChI is InChI=1S/C13H7ClFN3O2S/c14-6-2-1-3-7(15)9(6)12-17-8-4-5-16-11(10(8)21-12)18-13(19)20/h1-5H,(H,16,18)(H,19,20). The molecule has 0 saturated heterocycles. The second-order valence-corrected chi connectivity index (χ2v) is 5.46. The van der Waals surface area contributed by atoms with E-state index in [1.54, 1.807) is 12.1 Å². The maximum atomic E-state index is 13.9. The summed E-state index contributed by atoms with van der Waals surface area (Å²) in [5.74, 6) is -0.321. The van der Waals surface area contributed by atoms with E-state index >= 15 is 0 Å². The van der Waals surface area contributed by atoms with Gasteiger partial charge in [0.2, 0.25) is 0 Å². The zero-order chi connectivity index (χ0) is 15.0. The van der Waals surface area contributed by atoms with Gasteiger partial charge in [0.1, 0.15) is 10.8 Å². The number of hydrogen-bond acceptors (Lipinski definition) is 4. The minimum Gasteiger partial charge on any atom is -0.465 e. The molecule has 1 aromatic carbocycles. The van der Waals surface area contributed by atoms with Gasteiger partial charge in [-0.2, -0.15) is 0 Å². The topological polar surface area (TPSA) is 75.1 Å². The SMILES string of the molecule is O=C(O)Nc1nccc2nc(-c3c(F)cccc3Cl)sc12. The molecule has 0 aliphatic carbocycles. The van der Waals surface area contributed by atoms with E-state index in [-0.39, 0.29) is 16.4 Å². The van der Waals surface area contributed by atoms with Crippen molar-refractivity contribution in [3.8, 4) is 10.6 Å². The van der Waals surface area contributed by atoms with Crippen molar-refractivity contribution in [1.82, 2.24) is 9.97 Å². The van der Waals surface area contributed by atoms with E-state index in [1.165, 1.54) is 18.3 Å². The minimum atomic E-state index is -1.23. The lowest BCUT2D eigenvalue weighted by Crippen LogP contribution is -2.08. The Balaban J connectivity index is 2.20. The lowest BCUT2D eigenvalue weighted by atomic mass is 10.2. The molecule has 0 saturated carbocycles. The molecular weight excluding hydrogens is 317 g/mol. The highest BCUT2D eigenvalue weighted by Gasteiger charge is 2.17. The van der Waals surface area contributed by atoms with Gasteiger partial charge in [0.25, 0.3) is 0 Å². The average Bonchev–Trinajstić information content (AvgIpc) is 2.82. The van der Waals surface area contributed by atoms with Gasteiger partial charge in [0, 0.05) is 6.20 Å². The second-order valence-electron chi connectivity index (χ2n) is 4.05. The van der Waals surface area contributed by atoms with Gasteiger partial charge >= 0.3 is 6.09 Å². The quantitative estimate of drug-likeness (QED) is 0.739. The van der Waals surface area contributed by atoms with Crippen LogP contribution in [-0.2, 0) is 0 Å². The Kier molecular flexibility index (Phi) is 3.44. The summed E-state index contributed by atoms with van der Waals surface area (Å²) in [6, 6.07) is 5.99. The van der Waals surface area contributed by atoms with Crippen LogP contribution in [0.5, 0.6) is 0 Å². The van der Waals surface area contributed by atoms with E-state index in [9.17, 15) is 9.18 Å². The van der Waals surface area contributed by atoms with Crippen molar-refractivity contribution < 1.29 is 14.3 Å². The molecule has 1 amide bonds. The van der Waals surface area contributed by atoms with Crippen LogP contribution in [0.15, 0.2) is 30.5 Å². The molecule has 3 aromatic rings. The molecule has 0 spiro atoms. The van der Waals surface area contributed by atoms with E-state index in [0.29, 0.717) is 15.2 Å². The highest BCUT2D eigenvalue weighted by atomic mass is 35.5. The summed E-state index contributed by atoms with van der Waals surface area (Å²) in [6.07, 6.45) is 0.203. The molecular formula is C13H7ClFN3O2S. The Labute approximate surface area is 127 Å². The fraction of sp³-hybridized carbons (Fsp3) is 0. The number of aromatic nitrogens is 2. The summed E-state index contributed by atoms with van der Waals surface area (Å²) >= 11 is 7.14. The van der Waals surface area contributed by atoms with E-state index in [4.69, 9.17) is 16.7 Å². The van der Waals surface area contributed by atoms with Crippen molar-refractivity contribution in [2.24, 2.45) is 0 Å². The highest BCUT2D eigenvalue weighted by Crippen LogP contribution is 2.37. The number of nitrogens with zero attached hydrogens (tertiary/aromatic N) is 2. The third-order valence-electron chi connectivity index (χ3n) is 2.71. The molecule has 106 valence electrons. The van der Waals surface area contributed by atoms with Crippen LogP contribution in [-0.4, -0.2) is 21.2 Å². The van der Waals surface area contributed by atoms with E-state index in [1.807, 2.05) is 0 Å². The Morgan fingerprint density at radius 2 is 2.19 bits per heavy atom. The maximum absolute atomic E-state index is 13.9. The molecule has 5 nitrogen and oxygen atoms in total. The first-order chi connectivity index (χ1) is 10.1. The van der Waals surface area contributed by atoms with Crippen LogP contribution in [0.3, 0.4) is 0 Å². The van der Waals surface area contributed by atoms with Gasteiger partial charge < -0.3 is 5.11 Å². The highest BCUT2D eigenvalue weighted by molar-refractivity contribution is 7.22. The fourth-order valence-corrected chi connectivity index (χ4v) is 3.23. The molecule has 0 radical (unpaired) electrons. The number of carbonyl (C=O) groups is 1. The van der Waals surface area contributed by atoms with E-state index in [2.05, 4.69) is 15.3 Å². The second kappa shape index (κ2) is 5.27. The van der Waals surface area contributed by atoms with Gasteiger partial charge in [-0.1, -0.05) is 17.7 Å². The van der Waals surface area contributed by atoms with Gasteiger partial charge in [-0.05, 0) is 18.2 Å². The van der Waals surface area contributed by atoms with Gasteiger partial charge in [-0.25, -0.2) is 19.2 Å². The van der Waals surface area contributed by atoms with Crippen molar-refractivity contribution >= 4 is 45.1 Å².